The van der Waals surface area contributed by atoms with Gasteiger partial charge in [0.15, 0.2) is 0 Å². The van der Waals surface area contributed by atoms with Gasteiger partial charge < -0.3 is 4.74 Å². The highest BCUT2D eigenvalue weighted by Crippen LogP contribution is 2.13. The van der Waals surface area contributed by atoms with E-state index in [9.17, 15) is 9.18 Å². The monoisotopic (exact) mass is 196 g/mol. The Bertz CT molecular complexity index is 334. The van der Waals surface area contributed by atoms with Crippen molar-refractivity contribution in [2.75, 3.05) is 7.11 Å². The van der Waals surface area contributed by atoms with Crippen molar-refractivity contribution in [3.05, 3.63) is 35.1 Å². The maximum absolute atomic E-state index is 13.4. The molecule has 0 saturated carbocycles. The van der Waals surface area contributed by atoms with Crippen LogP contribution in [0.4, 0.5) is 4.39 Å². The summed E-state index contributed by atoms with van der Waals surface area (Å²) in [4.78, 5) is 10.8. The third-order valence-electron chi connectivity index (χ3n) is 2.10. The number of halogens is 1. The number of esters is 1. The minimum atomic E-state index is -0.314. The second-order valence-corrected chi connectivity index (χ2v) is 3.12. The normalized spacial score (nSPS) is 9.93. The van der Waals surface area contributed by atoms with Crippen LogP contribution in [0.1, 0.15) is 17.5 Å². The van der Waals surface area contributed by atoms with E-state index in [-0.39, 0.29) is 18.2 Å². The number of hydrogen-bond acceptors (Lipinski definition) is 2. The molecule has 0 radical (unpaired) electrons. The smallest absolute Gasteiger partial charge is 0.305 e. The summed E-state index contributed by atoms with van der Waals surface area (Å²) >= 11 is 0. The van der Waals surface area contributed by atoms with Crippen LogP contribution in [0, 0.1) is 12.7 Å². The molecule has 0 aromatic heterocycles. The van der Waals surface area contributed by atoms with Crippen molar-refractivity contribution in [2.45, 2.75) is 19.8 Å². The van der Waals surface area contributed by atoms with E-state index in [1.807, 2.05) is 0 Å². The Balaban J connectivity index is 2.68. The Hall–Kier alpha value is -1.38. The van der Waals surface area contributed by atoms with Gasteiger partial charge in [-0.3, -0.25) is 4.79 Å². The molecule has 0 heterocycles. The molecule has 0 saturated heterocycles. The SMILES string of the molecule is COC(=O)CCc1cccc(C)c1F. The quantitative estimate of drug-likeness (QED) is 0.693. The molecule has 1 rings (SSSR count). The van der Waals surface area contributed by atoms with E-state index in [1.54, 1.807) is 25.1 Å². The van der Waals surface area contributed by atoms with Crippen LogP contribution in [-0.2, 0) is 16.0 Å². The molecule has 0 aliphatic rings. The van der Waals surface area contributed by atoms with Crippen LogP contribution in [0.5, 0.6) is 0 Å². The summed E-state index contributed by atoms with van der Waals surface area (Å²) in [6, 6.07) is 5.17. The summed E-state index contributed by atoms with van der Waals surface area (Å²) in [7, 11) is 1.33. The fourth-order valence-electron chi connectivity index (χ4n) is 1.24. The van der Waals surface area contributed by atoms with Gasteiger partial charge in [-0.25, -0.2) is 4.39 Å². The number of ether oxygens (including phenoxy) is 1. The largest absolute Gasteiger partial charge is 0.469 e. The van der Waals surface area contributed by atoms with Crippen molar-refractivity contribution >= 4 is 5.97 Å². The van der Waals surface area contributed by atoms with E-state index in [2.05, 4.69) is 4.74 Å². The Morgan fingerprint density at radius 1 is 1.50 bits per heavy atom. The summed E-state index contributed by atoms with van der Waals surface area (Å²) in [5.41, 5.74) is 1.17. The first-order valence-corrected chi connectivity index (χ1v) is 4.46. The maximum atomic E-state index is 13.4. The van der Waals surface area contributed by atoms with Crippen molar-refractivity contribution in [3.8, 4) is 0 Å². The summed E-state index contributed by atoms with van der Waals surface area (Å²) < 4.78 is 17.9. The van der Waals surface area contributed by atoms with Crippen molar-refractivity contribution in [3.63, 3.8) is 0 Å². The first kappa shape index (κ1) is 10.7. The van der Waals surface area contributed by atoms with Gasteiger partial charge in [0.1, 0.15) is 5.82 Å². The maximum Gasteiger partial charge on any atom is 0.305 e. The lowest BCUT2D eigenvalue weighted by Crippen LogP contribution is -2.03. The minimum absolute atomic E-state index is 0.219. The van der Waals surface area contributed by atoms with Gasteiger partial charge >= 0.3 is 5.97 Å². The van der Waals surface area contributed by atoms with Crippen LogP contribution >= 0.6 is 0 Å². The Morgan fingerprint density at radius 3 is 2.86 bits per heavy atom. The molecular weight excluding hydrogens is 183 g/mol. The number of benzene rings is 1. The van der Waals surface area contributed by atoms with Crippen LogP contribution in [0.3, 0.4) is 0 Å². The lowest BCUT2D eigenvalue weighted by Gasteiger charge is -2.04. The number of carbonyl (C=O) groups is 1. The zero-order valence-corrected chi connectivity index (χ0v) is 8.34. The molecule has 76 valence electrons. The molecule has 0 atom stereocenters. The van der Waals surface area contributed by atoms with E-state index < -0.39 is 0 Å². The van der Waals surface area contributed by atoms with Crippen LogP contribution in [0.15, 0.2) is 18.2 Å². The average Bonchev–Trinajstić information content (AvgIpc) is 2.20. The van der Waals surface area contributed by atoms with Crippen molar-refractivity contribution in [2.24, 2.45) is 0 Å². The van der Waals surface area contributed by atoms with Crippen LogP contribution in [-0.4, -0.2) is 13.1 Å². The molecule has 1 aromatic rings. The summed E-state index contributed by atoms with van der Waals surface area (Å²) in [6.45, 7) is 1.71. The molecule has 0 unspecified atom stereocenters. The summed E-state index contributed by atoms with van der Waals surface area (Å²) in [5.74, 6) is -0.540. The van der Waals surface area contributed by atoms with E-state index in [0.29, 0.717) is 17.5 Å². The van der Waals surface area contributed by atoms with Gasteiger partial charge in [-0.2, -0.15) is 0 Å². The third-order valence-corrected chi connectivity index (χ3v) is 2.10. The molecular formula is C11H13FO2. The van der Waals surface area contributed by atoms with E-state index in [1.165, 1.54) is 7.11 Å². The molecule has 0 bridgehead atoms. The average molecular weight is 196 g/mol. The second kappa shape index (κ2) is 4.74. The fourth-order valence-corrected chi connectivity index (χ4v) is 1.24. The molecule has 2 nitrogen and oxygen atoms in total. The van der Waals surface area contributed by atoms with Crippen LogP contribution in [0.25, 0.3) is 0 Å². The predicted octanol–water partition coefficient (Wildman–Crippen LogP) is 2.24. The molecule has 0 aliphatic heterocycles. The number of hydrogen-bond donors (Lipinski definition) is 0. The third kappa shape index (κ3) is 2.55. The molecule has 14 heavy (non-hydrogen) atoms. The molecule has 0 fully saturated rings. The zero-order chi connectivity index (χ0) is 10.6. The van der Waals surface area contributed by atoms with Gasteiger partial charge in [0.2, 0.25) is 0 Å². The van der Waals surface area contributed by atoms with Gasteiger partial charge in [0.05, 0.1) is 7.11 Å². The Labute approximate surface area is 82.7 Å². The first-order valence-electron chi connectivity index (χ1n) is 4.46. The number of carbonyl (C=O) groups excluding carboxylic acids is 1. The van der Waals surface area contributed by atoms with Crippen LogP contribution < -0.4 is 0 Å². The van der Waals surface area contributed by atoms with Gasteiger partial charge in [-0.1, -0.05) is 18.2 Å². The number of aryl methyl sites for hydroxylation is 2. The van der Waals surface area contributed by atoms with Crippen molar-refractivity contribution in [1.29, 1.82) is 0 Å². The summed E-state index contributed by atoms with van der Waals surface area (Å²) in [6.07, 6.45) is 0.608. The summed E-state index contributed by atoms with van der Waals surface area (Å²) in [5, 5.41) is 0. The molecule has 0 aliphatic carbocycles. The fraction of sp³-hybridized carbons (Fsp3) is 0.364. The number of rotatable bonds is 3. The Morgan fingerprint density at radius 2 is 2.21 bits per heavy atom. The lowest BCUT2D eigenvalue weighted by molar-refractivity contribution is -0.140. The minimum Gasteiger partial charge on any atom is -0.469 e. The zero-order valence-electron chi connectivity index (χ0n) is 8.34. The van der Waals surface area contributed by atoms with Crippen molar-refractivity contribution < 1.29 is 13.9 Å². The van der Waals surface area contributed by atoms with E-state index in [4.69, 9.17) is 0 Å². The predicted molar refractivity (Wildman–Crippen MR) is 51.5 cm³/mol. The van der Waals surface area contributed by atoms with Gasteiger partial charge in [0.25, 0.3) is 0 Å². The van der Waals surface area contributed by atoms with Crippen molar-refractivity contribution in [1.82, 2.24) is 0 Å². The second-order valence-electron chi connectivity index (χ2n) is 3.12. The highest BCUT2D eigenvalue weighted by molar-refractivity contribution is 5.69. The topological polar surface area (TPSA) is 26.3 Å². The van der Waals surface area contributed by atoms with Gasteiger partial charge in [0, 0.05) is 6.42 Å². The lowest BCUT2D eigenvalue weighted by atomic mass is 10.1. The highest BCUT2D eigenvalue weighted by atomic mass is 19.1. The molecule has 0 amide bonds. The van der Waals surface area contributed by atoms with E-state index in [0.717, 1.165) is 0 Å². The molecule has 0 spiro atoms. The van der Waals surface area contributed by atoms with Gasteiger partial charge in [-0.05, 0) is 24.5 Å². The first-order chi connectivity index (χ1) is 6.65. The standard InChI is InChI=1S/C11H13FO2/c1-8-4-3-5-9(11(8)12)6-7-10(13)14-2/h3-5H,6-7H2,1-2H3. The van der Waals surface area contributed by atoms with E-state index >= 15 is 0 Å². The number of methoxy groups -OCH3 is 1. The molecule has 1 aromatic carbocycles. The van der Waals surface area contributed by atoms with Crippen LogP contribution in [0.2, 0.25) is 0 Å². The Kier molecular flexibility index (Phi) is 3.63. The van der Waals surface area contributed by atoms with Gasteiger partial charge in [-0.15, -0.1) is 0 Å². The highest BCUT2D eigenvalue weighted by Gasteiger charge is 2.07. The molecule has 0 N–H and O–H groups in total. The molecule has 3 heteroatoms.